The number of carboxylic acid groups (broad SMARTS) is 1. The topological polar surface area (TPSA) is 118 Å². The van der Waals surface area contributed by atoms with Crippen molar-refractivity contribution in [3.05, 3.63) is 70.7 Å². The Morgan fingerprint density at radius 3 is 2.32 bits per heavy atom. The minimum Gasteiger partial charge on any atom is -0.480 e. The molecule has 34 heavy (non-hydrogen) atoms. The second kappa shape index (κ2) is 9.26. The lowest BCUT2D eigenvalue weighted by atomic mass is 9.98. The van der Waals surface area contributed by atoms with Crippen molar-refractivity contribution in [2.24, 2.45) is 5.92 Å². The van der Waals surface area contributed by atoms with Crippen LogP contribution >= 0.6 is 11.3 Å². The van der Waals surface area contributed by atoms with Gasteiger partial charge in [0.25, 0.3) is 0 Å². The van der Waals surface area contributed by atoms with E-state index in [4.69, 9.17) is 4.74 Å². The molecule has 9 heteroatoms. The van der Waals surface area contributed by atoms with Gasteiger partial charge in [0.05, 0.1) is 12.1 Å². The minimum absolute atomic E-state index is 0.00248. The van der Waals surface area contributed by atoms with Gasteiger partial charge in [-0.2, -0.15) is 0 Å². The van der Waals surface area contributed by atoms with Gasteiger partial charge in [-0.25, -0.2) is 14.6 Å². The number of carbonyl (C=O) groups is 3. The number of nitrogens with zero attached hydrogens (tertiary/aromatic N) is 1. The Kier molecular flexibility index (Phi) is 6.02. The summed E-state index contributed by atoms with van der Waals surface area (Å²) in [4.78, 5) is 40.2. The van der Waals surface area contributed by atoms with Gasteiger partial charge in [0.2, 0.25) is 5.91 Å². The van der Waals surface area contributed by atoms with Gasteiger partial charge >= 0.3 is 12.1 Å². The molecular weight excluding hydrogens is 454 g/mol. The van der Waals surface area contributed by atoms with Crippen molar-refractivity contribution in [1.29, 1.82) is 0 Å². The number of benzene rings is 2. The molecule has 174 valence electrons. The highest BCUT2D eigenvalue weighted by Crippen LogP contribution is 2.44. The highest BCUT2D eigenvalue weighted by Gasteiger charge is 2.37. The second-order valence-electron chi connectivity index (χ2n) is 8.49. The molecule has 0 aliphatic heterocycles. The van der Waals surface area contributed by atoms with Crippen molar-refractivity contribution in [2.45, 2.75) is 31.2 Å². The third kappa shape index (κ3) is 4.65. The highest BCUT2D eigenvalue weighted by atomic mass is 32.1. The first kappa shape index (κ1) is 22.1. The first-order chi connectivity index (χ1) is 16.5. The average Bonchev–Trinajstić information content (AvgIpc) is 3.49. The number of aliphatic carboxylic acids is 1. The van der Waals surface area contributed by atoms with E-state index in [1.54, 1.807) is 5.38 Å². The molecule has 5 rings (SSSR count). The Morgan fingerprint density at radius 1 is 1.06 bits per heavy atom. The molecule has 1 saturated carbocycles. The van der Waals surface area contributed by atoms with E-state index < -0.39 is 24.0 Å². The van der Waals surface area contributed by atoms with E-state index in [0.717, 1.165) is 35.1 Å². The standard InChI is InChI=1S/C25H23N3O5S/c29-21(27-22(23(30)31)14-9-10-14)11-15-13-34-24(26-15)28-25(32)33-12-20-18-7-3-1-5-16(18)17-6-2-4-8-19(17)20/h1-8,13-14,20,22H,9-12H2,(H,27,29)(H,30,31)(H,26,28,32). The zero-order valence-corrected chi connectivity index (χ0v) is 19.0. The summed E-state index contributed by atoms with van der Waals surface area (Å²) in [7, 11) is 0. The number of fused-ring (bicyclic) bond motifs is 3. The summed E-state index contributed by atoms with van der Waals surface area (Å²) in [5, 5.41) is 16.4. The molecule has 0 bridgehead atoms. The van der Waals surface area contributed by atoms with Gasteiger partial charge in [-0.1, -0.05) is 48.5 Å². The number of rotatable bonds is 8. The molecule has 2 aliphatic carbocycles. The van der Waals surface area contributed by atoms with Crippen LogP contribution in [-0.2, 0) is 20.7 Å². The van der Waals surface area contributed by atoms with Gasteiger partial charge in [0, 0.05) is 11.3 Å². The largest absolute Gasteiger partial charge is 0.480 e. The average molecular weight is 478 g/mol. The molecular formula is C25H23N3O5S. The van der Waals surface area contributed by atoms with Gasteiger partial charge in [-0.05, 0) is 41.0 Å². The molecule has 1 fully saturated rings. The van der Waals surface area contributed by atoms with Crippen LogP contribution in [0.3, 0.4) is 0 Å². The third-order valence-electron chi connectivity index (χ3n) is 6.12. The quantitative estimate of drug-likeness (QED) is 0.451. The second-order valence-corrected chi connectivity index (χ2v) is 9.35. The van der Waals surface area contributed by atoms with E-state index in [-0.39, 0.29) is 24.9 Å². The van der Waals surface area contributed by atoms with Gasteiger partial charge in [0.1, 0.15) is 12.6 Å². The van der Waals surface area contributed by atoms with Crippen molar-refractivity contribution in [2.75, 3.05) is 11.9 Å². The van der Waals surface area contributed by atoms with E-state index >= 15 is 0 Å². The van der Waals surface area contributed by atoms with Crippen LogP contribution in [0.5, 0.6) is 0 Å². The van der Waals surface area contributed by atoms with E-state index in [2.05, 4.69) is 39.9 Å². The molecule has 1 atom stereocenters. The number of nitrogens with one attached hydrogen (secondary N) is 2. The molecule has 0 radical (unpaired) electrons. The maximum absolute atomic E-state index is 12.4. The number of carboxylic acids is 1. The fraction of sp³-hybridized carbons (Fsp3) is 0.280. The Balaban J connectivity index is 1.16. The van der Waals surface area contributed by atoms with E-state index in [1.807, 2.05) is 24.3 Å². The van der Waals surface area contributed by atoms with Crippen molar-refractivity contribution in [1.82, 2.24) is 10.3 Å². The lowest BCUT2D eigenvalue weighted by Crippen LogP contribution is -2.43. The number of ether oxygens (including phenoxy) is 1. The van der Waals surface area contributed by atoms with E-state index in [9.17, 15) is 19.5 Å². The molecule has 1 heterocycles. The van der Waals surface area contributed by atoms with Crippen LogP contribution in [0.15, 0.2) is 53.9 Å². The van der Waals surface area contributed by atoms with Crippen molar-refractivity contribution >= 4 is 34.4 Å². The Morgan fingerprint density at radius 2 is 1.71 bits per heavy atom. The number of thiazole rings is 1. The number of aromatic nitrogens is 1. The predicted molar refractivity (Wildman–Crippen MR) is 127 cm³/mol. The zero-order valence-electron chi connectivity index (χ0n) is 18.2. The van der Waals surface area contributed by atoms with Gasteiger partial charge in [0.15, 0.2) is 5.13 Å². The molecule has 3 aromatic rings. The number of anilines is 1. The molecule has 2 aromatic carbocycles. The summed E-state index contributed by atoms with van der Waals surface area (Å²) >= 11 is 1.18. The van der Waals surface area contributed by atoms with Crippen molar-refractivity contribution in [3.8, 4) is 11.1 Å². The third-order valence-corrected chi connectivity index (χ3v) is 6.93. The normalized spacial score (nSPS) is 15.2. The number of carbonyl (C=O) groups excluding carboxylic acids is 2. The van der Waals surface area contributed by atoms with E-state index in [1.165, 1.54) is 11.3 Å². The van der Waals surface area contributed by atoms with Crippen LogP contribution < -0.4 is 10.6 Å². The van der Waals surface area contributed by atoms with Gasteiger partial charge in [-0.15, -0.1) is 11.3 Å². The summed E-state index contributed by atoms with van der Waals surface area (Å²) < 4.78 is 5.52. The number of hydrogen-bond acceptors (Lipinski definition) is 6. The maximum Gasteiger partial charge on any atom is 0.413 e. The summed E-state index contributed by atoms with van der Waals surface area (Å²) in [6.07, 6.45) is 0.941. The summed E-state index contributed by atoms with van der Waals surface area (Å²) in [5.41, 5.74) is 5.02. The van der Waals surface area contributed by atoms with Crippen LogP contribution in [0, 0.1) is 5.92 Å². The zero-order chi connectivity index (χ0) is 23.7. The Labute approximate surface area is 200 Å². The lowest BCUT2D eigenvalue weighted by molar-refractivity contribution is -0.142. The molecule has 0 spiro atoms. The van der Waals surface area contributed by atoms with Gasteiger partial charge in [-0.3, -0.25) is 10.1 Å². The molecule has 1 unspecified atom stereocenters. The first-order valence-electron chi connectivity index (χ1n) is 11.1. The van der Waals surface area contributed by atoms with Gasteiger partial charge < -0.3 is 15.2 Å². The fourth-order valence-electron chi connectivity index (χ4n) is 4.37. The van der Waals surface area contributed by atoms with E-state index in [0.29, 0.717) is 10.8 Å². The smallest absolute Gasteiger partial charge is 0.413 e. The van der Waals surface area contributed by atoms with Crippen molar-refractivity contribution in [3.63, 3.8) is 0 Å². The van der Waals surface area contributed by atoms with Crippen LogP contribution in [0.1, 0.15) is 35.6 Å². The first-order valence-corrected chi connectivity index (χ1v) is 12.0. The SMILES string of the molecule is O=C(Cc1csc(NC(=O)OCC2c3ccccc3-c3ccccc32)n1)NC(C(=O)O)C1CC1. The number of amides is 2. The molecule has 1 aromatic heterocycles. The fourth-order valence-corrected chi connectivity index (χ4v) is 5.06. The Hall–Kier alpha value is -3.72. The number of hydrogen-bond donors (Lipinski definition) is 3. The van der Waals surface area contributed by atoms with Crippen LogP contribution in [-0.4, -0.2) is 40.7 Å². The van der Waals surface area contributed by atoms with Crippen molar-refractivity contribution < 1.29 is 24.2 Å². The molecule has 2 aliphatic rings. The minimum atomic E-state index is -1.02. The van der Waals surface area contributed by atoms with Crippen LogP contribution in [0.25, 0.3) is 11.1 Å². The summed E-state index contributed by atoms with van der Waals surface area (Å²) in [5.74, 6) is -1.46. The monoisotopic (exact) mass is 477 g/mol. The van der Waals surface area contributed by atoms with Crippen LogP contribution in [0.4, 0.5) is 9.93 Å². The summed E-state index contributed by atoms with van der Waals surface area (Å²) in [6.45, 7) is 0.193. The Bertz CT molecular complexity index is 1210. The molecule has 2 amide bonds. The summed E-state index contributed by atoms with van der Waals surface area (Å²) in [6, 6.07) is 15.4. The molecule has 8 nitrogen and oxygen atoms in total. The molecule has 0 saturated heterocycles. The van der Waals surface area contributed by atoms with Crippen LogP contribution in [0.2, 0.25) is 0 Å². The molecule has 3 N–H and O–H groups in total. The highest BCUT2D eigenvalue weighted by molar-refractivity contribution is 7.13. The maximum atomic E-state index is 12.4. The lowest BCUT2D eigenvalue weighted by Gasteiger charge is -2.14. The predicted octanol–water partition coefficient (Wildman–Crippen LogP) is 4.03.